The summed E-state index contributed by atoms with van der Waals surface area (Å²) in [5.74, 6) is -0.119. The second-order valence-electron chi connectivity index (χ2n) is 6.80. The van der Waals surface area contributed by atoms with E-state index < -0.39 is 10.0 Å². The predicted molar refractivity (Wildman–Crippen MR) is 117 cm³/mol. The Balaban J connectivity index is 1.59. The lowest BCUT2D eigenvalue weighted by Gasteiger charge is -2.35. The van der Waals surface area contributed by atoms with Crippen LogP contribution in [0.25, 0.3) is 0 Å². The number of nitrogens with one attached hydrogen (secondary N) is 1. The third-order valence-corrected chi connectivity index (χ3v) is 8.38. The van der Waals surface area contributed by atoms with Gasteiger partial charge in [-0.2, -0.15) is 5.26 Å². The molecule has 6 nitrogen and oxygen atoms in total. The van der Waals surface area contributed by atoms with Crippen LogP contribution in [0.2, 0.25) is 0 Å². The molecule has 2 aromatic heterocycles. The lowest BCUT2D eigenvalue weighted by Crippen LogP contribution is -2.39. The highest BCUT2D eigenvalue weighted by atomic mass is 32.2. The van der Waals surface area contributed by atoms with Gasteiger partial charge in [0.1, 0.15) is 0 Å². The molecule has 3 aromatic rings. The van der Waals surface area contributed by atoms with E-state index in [2.05, 4.69) is 16.2 Å². The molecule has 1 N–H and O–H groups in total. The average molecular weight is 458 g/mol. The molecule has 4 rings (SSSR count). The minimum atomic E-state index is -3.70. The van der Waals surface area contributed by atoms with Crippen LogP contribution < -0.4 is 4.72 Å². The summed E-state index contributed by atoms with van der Waals surface area (Å²) in [6, 6.07) is 13.9. The Hall–Kier alpha value is -2.51. The molecule has 30 heavy (non-hydrogen) atoms. The minimum absolute atomic E-state index is 0.0543. The van der Waals surface area contributed by atoms with E-state index in [1.165, 1.54) is 22.6 Å². The van der Waals surface area contributed by atoms with Gasteiger partial charge < -0.3 is 4.90 Å². The molecular formula is C21H19N3O3S3. The summed E-state index contributed by atoms with van der Waals surface area (Å²) in [5, 5.41) is 12.6. The Bertz CT molecular complexity index is 1180. The van der Waals surface area contributed by atoms with Crippen LogP contribution in [0.4, 0.5) is 0 Å². The molecule has 0 spiro atoms. The summed E-state index contributed by atoms with van der Waals surface area (Å²) >= 11 is 3.35. The SMILES string of the molecule is N#CCCNS(=O)(=O)c1ccc(C(=O)N2CCc3sccc3C2c2cccs2)cc1. The second-order valence-corrected chi connectivity index (χ2v) is 10.5. The quantitative estimate of drug-likeness (QED) is 0.570. The van der Waals surface area contributed by atoms with Gasteiger partial charge in [0.25, 0.3) is 5.91 Å². The maximum absolute atomic E-state index is 13.3. The van der Waals surface area contributed by atoms with Crippen molar-refractivity contribution in [1.82, 2.24) is 9.62 Å². The van der Waals surface area contributed by atoms with Gasteiger partial charge >= 0.3 is 0 Å². The monoisotopic (exact) mass is 457 g/mol. The Morgan fingerprint density at radius 3 is 2.67 bits per heavy atom. The Kier molecular flexibility index (Phi) is 6.01. The molecule has 0 aliphatic carbocycles. The normalized spacial score (nSPS) is 16.1. The maximum atomic E-state index is 13.3. The van der Waals surface area contributed by atoms with Gasteiger partial charge in [-0.05, 0) is 59.1 Å². The molecule has 0 radical (unpaired) electrons. The van der Waals surface area contributed by atoms with Crippen LogP contribution in [-0.2, 0) is 16.4 Å². The number of thiophene rings is 2. The van der Waals surface area contributed by atoms with E-state index in [1.807, 2.05) is 28.5 Å². The first-order valence-corrected chi connectivity index (χ1v) is 12.6. The smallest absolute Gasteiger partial charge is 0.254 e. The number of hydrogen-bond acceptors (Lipinski definition) is 6. The molecule has 1 aromatic carbocycles. The van der Waals surface area contributed by atoms with Crippen molar-refractivity contribution < 1.29 is 13.2 Å². The number of sulfonamides is 1. The molecule has 1 aliphatic heterocycles. The fourth-order valence-electron chi connectivity index (χ4n) is 3.56. The van der Waals surface area contributed by atoms with Crippen LogP contribution in [0.15, 0.2) is 58.1 Å². The van der Waals surface area contributed by atoms with Gasteiger partial charge in [0, 0.05) is 34.8 Å². The molecule has 0 saturated heterocycles. The van der Waals surface area contributed by atoms with Crippen molar-refractivity contribution in [3.8, 4) is 6.07 Å². The summed E-state index contributed by atoms with van der Waals surface area (Å²) < 4.78 is 27.0. The second kappa shape index (κ2) is 8.70. The topological polar surface area (TPSA) is 90.3 Å². The zero-order valence-corrected chi connectivity index (χ0v) is 18.4. The van der Waals surface area contributed by atoms with E-state index in [4.69, 9.17) is 5.26 Å². The molecule has 1 aliphatic rings. The zero-order valence-electron chi connectivity index (χ0n) is 15.9. The molecule has 154 valence electrons. The number of benzene rings is 1. The average Bonchev–Trinajstić information content (AvgIpc) is 3.44. The molecule has 1 unspecified atom stereocenters. The van der Waals surface area contributed by atoms with Gasteiger partial charge in [0.05, 0.1) is 17.0 Å². The largest absolute Gasteiger partial charge is 0.326 e. The highest BCUT2D eigenvalue weighted by Gasteiger charge is 2.34. The van der Waals surface area contributed by atoms with Crippen molar-refractivity contribution in [2.24, 2.45) is 0 Å². The van der Waals surface area contributed by atoms with Crippen molar-refractivity contribution in [2.45, 2.75) is 23.8 Å². The predicted octanol–water partition coefficient (Wildman–Crippen LogP) is 3.79. The summed E-state index contributed by atoms with van der Waals surface area (Å²) in [4.78, 5) is 17.7. The van der Waals surface area contributed by atoms with Crippen LogP contribution in [0.5, 0.6) is 0 Å². The van der Waals surface area contributed by atoms with Crippen molar-refractivity contribution in [3.05, 3.63) is 74.1 Å². The van der Waals surface area contributed by atoms with Crippen LogP contribution in [0, 0.1) is 11.3 Å². The lowest BCUT2D eigenvalue weighted by molar-refractivity contribution is 0.0698. The summed E-state index contributed by atoms with van der Waals surface area (Å²) in [6.45, 7) is 0.670. The van der Waals surface area contributed by atoms with Gasteiger partial charge in [-0.3, -0.25) is 4.79 Å². The fourth-order valence-corrected chi connectivity index (χ4v) is 6.35. The van der Waals surface area contributed by atoms with E-state index >= 15 is 0 Å². The third-order valence-electron chi connectivity index (χ3n) is 4.98. The molecule has 0 fully saturated rings. The van der Waals surface area contributed by atoms with E-state index in [9.17, 15) is 13.2 Å². The van der Waals surface area contributed by atoms with Gasteiger partial charge in [-0.15, -0.1) is 22.7 Å². The molecule has 0 saturated carbocycles. The van der Waals surface area contributed by atoms with E-state index in [-0.39, 0.29) is 29.8 Å². The molecule has 0 bridgehead atoms. The van der Waals surface area contributed by atoms with Gasteiger partial charge in [-0.25, -0.2) is 13.1 Å². The van der Waals surface area contributed by atoms with E-state index in [0.717, 1.165) is 11.3 Å². The van der Waals surface area contributed by atoms with Gasteiger partial charge in [0.15, 0.2) is 0 Å². The first-order valence-electron chi connectivity index (χ1n) is 9.38. The van der Waals surface area contributed by atoms with Gasteiger partial charge in [-0.1, -0.05) is 6.07 Å². The van der Waals surface area contributed by atoms with E-state index in [0.29, 0.717) is 12.1 Å². The van der Waals surface area contributed by atoms with Crippen LogP contribution in [0.3, 0.4) is 0 Å². The minimum Gasteiger partial charge on any atom is -0.326 e. The summed E-state index contributed by atoms with van der Waals surface area (Å²) in [5.41, 5.74) is 1.62. The molecule has 1 atom stereocenters. The molecule has 3 heterocycles. The van der Waals surface area contributed by atoms with Gasteiger partial charge in [0.2, 0.25) is 10.0 Å². The number of nitrogens with zero attached hydrogens (tertiary/aromatic N) is 2. The number of fused-ring (bicyclic) bond motifs is 1. The Morgan fingerprint density at radius 1 is 1.17 bits per heavy atom. The van der Waals surface area contributed by atoms with Crippen molar-refractivity contribution in [2.75, 3.05) is 13.1 Å². The van der Waals surface area contributed by atoms with Crippen LogP contribution in [0.1, 0.15) is 38.1 Å². The third kappa shape index (κ3) is 4.04. The first kappa shape index (κ1) is 20.8. The summed E-state index contributed by atoms with van der Waals surface area (Å²) in [6.07, 6.45) is 0.912. The molecule has 9 heteroatoms. The Labute approximate surface area is 183 Å². The first-order chi connectivity index (χ1) is 14.5. The highest BCUT2D eigenvalue weighted by molar-refractivity contribution is 7.89. The zero-order chi connectivity index (χ0) is 21.1. The van der Waals surface area contributed by atoms with Crippen LogP contribution >= 0.6 is 22.7 Å². The summed E-state index contributed by atoms with van der Waals surface area (Å²) in [7, 11) is -3.70. The maximum Gasteiger partial charge on any atom is 0.254 e. The number of rotatable bonds is 6. The van der Waals surface area contributed by atoms with Crippen molar-refractivity contribution in [1.29, 1.82) is 5.26 Å². The number of amides is 1. The van der Waals surface area contributed by atoms with Crippen molar-refractivity contribution in [3.63, 3.8) is 0 Å². The number of carbonyl (C=O) groups excluding carboxylic acids is 1. The lowest BCUT2D eigenvalue weighted by atomic mass is 9.97. The number of hydrogen-bond donors (Lipinski definition) is 1. The van der Waals surface area contributed by atoms with E-state index in [1.54, 1.807) is 34.8 Å². The number of nitriles is 1. The number of carbonyl (C=O) groups is 1. The fraction of sp³-hybridized carbons (Fsp3) is 0.238. The standard InChI is InChI=1S/C21H19N3O3S3/c22-10-2-11-23-30(26,27)16-6-4-15(5-7-16)21(25)24-12-8-18-17(9-14-29-18)20(24)19-3-1-13-28-19/h1,3-7,9,13-14,20,23H,2,8,11-12H2. The molecule has 1 amide bonds. The Morgan fingerprint density at radius 2 is 1.97 bits per heavy atom. The van der Waals surface area contributed by atoms with Crippen molar-refractivity contribution >= 4 is 38.6 Å². The van der Waals surface area contributed by atoms with Crippen LogP contribution in [-0.4, -0.2) is 32.3 Å². The highest BCUT2D eigenvalue weighted by Crippen LogP contribution is 2.40. The molecular weight excluding hydrogens is 438 g/mol.